The summed E-state index contributed by atoms with van der Waals surface area (Å²) >= 11 is 0. The number of aromatic nitrogens is 3. The molecular formula is C25H22N4O2. The smallest absolute Gasteiger partial charge is 0.261 e. The Morgan fingerprint density at radius 3 is 2.32 bits per heavy atom. The minimum absolute atomic E-state index is 0.0952. The van der Waals surface area contributed by atoms with E-state index in [1.54, 1.807) is 12.0 Å². The van der Waals surface area contributed by atoms with E-state index < -0.39 is 0 Å². The first-order valence-corrected chi connectivity index (χ1v) is 10.2. The van der Waals surface area contributed by atoms with Crippen LogP contribution in [0.5, 0.6) is 5.75 Å². The number of nitrogens with zero attached hydrogens (tertiary/aromatic N) is 4. The normalized spacial score (nSPS) is 17.8. The first kappa shape index (κ1) is 19.1. The number of rotatable bonds is 4. The monoisotopic (exact) mass is 410 g/mol. The van der Waals surface area contributed by atoms with Gasteiger partial charge in [0.15, 0.2) is 0 Å². The molecule has 0 radical (unpaired) electrons. The van der Waals surface area contributed by atoms with Gasteiger partial charge in [0.1, 0.15) is 12.1 Å². The van der Waals surface area contributed by atoms with Gasteiger partial charge < -0.3 is 4.74 Å². The molecule has 2 atom stereocenters. The molecule has 0 N–H and O–H groups in total. The van der Waals surface area contributed by atoms with Crippen LogP contribution in [-0.2, 0) is 0 Å². The van der Waals surface area contributed by atoms with Crippen LogP contribution < -0.4 is 9.64 Å². The maximum absolute atomic E-state index is 13.6. The van der Waals surface area contributed by atoms with Gasteiger partial charge in [0.05, 0.1) is 19.2 Å². The zero-order chi connectivity index (χ0) is 21.2. The van der Waals surface area contributed by atoms with Crippen molar-refractivity contribution >= 4 is 11.9 Å². The largest absolute Gasteiger partial charge is 0.496 e. The number of ether oxygens (including phenoxy) is 1. The van der Waals surface area contributed by atoms with Gasteiger partial charge in [0, 0.05) is 11.1 Å². The summed E-state index contributed by atoms with van der Waals surface area (Å²) in [6.07, 6.45) is 2.16. The molecule has 0 fully saturated rings. The van der Waals surface area contributed by atoms with Gasteiger partial charge in [-0.2, -0.15) is 10.1 Å². The lowest BCUT2D eigenvalue weighted by atomic mass is 9.91. The van der Waals surface area contributed by atoms with Crippen LogP contribution in [0.2, 0.25) is 0 Å². The standard InChI is InChI=1S/C25H22N4O2/c1-31-23-15-9-8-14-20(23)22-16-21(18-10-4-2-5-11-18)28(25-26-17-27-29(22)25)24(30)19-12-6-3-7-13-19/h2-15,17,21-22H,16H2,1H3/t21-,22+/m0/s1. The van der Waals surface area contributed by atoms with Crippen molar-refractivity contribution in [2.45, 2.75) is 18.5 Å². The first-order chi connectivity index (χ1) is 15.3. The summed E-state index contributed by atoms with van der Waals surface area (Å²) < 4.78 is 7.46. The summed E-state index contributed by atoms with van der Waals surface area (Å²) in [7, 11) is 1.67. The van der Waals surface area contributed by atoms with Gasteiger partial charge in [-0.15, -0.1) is 0 Å². The summed E-state index contributed by atoms with van der Waals surface area (Å²) in [5, 5.41) is 4.50. The van der Waals surface area contributed by atoms with Crippen LogP contribution >= 0.6 is 0 Å². The van der Waals surface area contributed by atoms with Crippen LogP contribution in [-0.4, -0.2) is 27.8 Å². The van der Waals surface area contributed by atoms with Crippen LogP contribution in [0.3, 0.4) is 0 Å². The van der Waals surface area contributed by atoms with Gasteiger partial charge >= 0.3 is 0 Å². The number of methoxy groups -OCH3 is 1. The number of hydrogen-bond donors (Lipinski definition) is 0. The predicted molar refractivity (Wildman–Crippen MR) is 118 cm³/mol. The lowest BCUT2D eigenvalue weighted by Gasteiger charge is -2.39. The molecule has 3 aromatic carbocycles. The highest BCUT2D eigenvalue weighted by atomic mass is 16.5. The van der Waals surface area contributed by atoms with Crippen molar-refractivity contribution in [3.63, 3.8) is 0 Å². The molecule has 1 aliphatic rings. The second kappa shape index (κ2) is 8.07. The number of amides is 1. The topological polar surface area (TPSA) is 60.2 Å². The maximum atomic E-state index is 13.6. The highest BCUT2D eigenvalue weighted by molar-refractivity contribution is 6.05. The second-order valence-electron chi connectivity index (χ2n) is 7.47. The molecule has 0 saturated heterocycles. The van der Waals surface area contributed by atoms with E-state index in [9.17, 15) is 4.79 Å². The van der Waals surface area contributed by atoms with Crippen LogP contribution in [0.15, 0.2) is 91.3 Å². The van der Waals surface area contributed by atoms with Gasteiger partial charge in [-0.1, -0.05) is 66.7 Å². The van der Waals surface area contributed by atoms with Crippen molar-refractivity contribution in [3.05, 3.63) is 108 Å². The van der Waals surface area contributed by atoms with Crippen molar-refractivity contribution in [2.24, 2.45) is 0 Å². The third-order valence-electron chi connectivity index (χ3n) is 5.74. The van der Waals surface area contributed by atoms with E-state index in [0.29, 0.717) is 17.9 Å². The van der Waals surface area contributed by atoms with E-state index in [-0.39, 0.29) is 18.0 Å². The average molecular weight is 410 g/mol. The molecule has 154 valence electrons. The predicted octanol–water partition coefficient (Wildman–Crippen LogP) is 4.67. The Morgan fingerprint density at radius 2 is 1.58 bits per heavy atom. The zero-order valence-electron chi connectivity index (χ0n) is 17.1. The number of fused-ring (bicyclic) bond motifs is 1. The van der Waals surface area contributed by atoms with E-state index in [2.05, 4.69) is 22.2 Å². The fraction of sp³-hybridized carbons (Fsp3) is 0.160. The molecule has 5 rings (SSSR count). The van der Waals surface area contributed by atoms with Crippen molar-refractivity contribution in [1.29, 1.82) is 0 Å². The number of para-hydroxylation sites is 1. The Labute approximate surface area is 180 Å². The van der Waals surface area contributed by atoms with E-state index in [1.165, 1.54) is 6.33 Å². The number of carbonyl (C=O) groups excluding carboxylic acids is 1. The lowest BCUT2D eigenvalue weighted by Crippen LogP contribution is -2.42. The summed E-state index contributed by atoms with van der Waals surface area (Å²) in [4.78, 5) is 19.9. The van der Waals surface area contributed by atoms with E-state index in [0.717, 1.165) is 16.9 Å². The Hall–Kier alpha value is -3.93. The van der Waals surface area contributed by atoms with Gasteiger partial charge in [0.2, 0.25) is 5.95 Å². The molecule has 1 aromatic heterocycles. The summed E-state index contributed by atoms with van der Waals surface area (Å²) in [5.41, 5.74) is 2.69. The number of benzene rings is 3. The molecule has 0 unspecified atom stereocenters. The number of carbonyl (C=O) groups is 1. The van der Waals surface area contributed by atoms with Crippen molar-refractivity contribution in [1.82, 2.24) is 14.8 Å². The van der Waals surface area contributed by atoms with E-state index in [4.69, 9.17) is 4.74 Å². The molecule has 4 aromatic rings. The van der Waals surface area contributed by atoms with Gasteiger partial charge in [-0.25, -0.2) is 4.68 Å². The summed E-state index contributed by atoms with van der Waals surface area (Å²) in [6, 6.07) is 27.0. The number of hydrogen-bond acceptors (Lipinski definition) is 4. The van der Waals surface area contributed by atoms with E-state index >= 15 is 0 Å². The molecule has 6 heteroatoms. The van der Waals surface area contributed by atoms with Crippen molar-refractivity contribution in [2.75, 3.05) is 12.0 Å². The molecule has 1 amide bonds. The molecule has 0 aliphatic carbocycles. The van der Waals surface area contributed by atoms with Gasteiger partial charge in [-0.05, 0) is 30.2 Å². The highest BCUT2D eigenvalue weighted by Gasteiger charge is 2.40. The molecule has 0 spiro atoms. The molecular weight excluding hydrogens is 388 g/mol. The van der Waals surface area contributed by atoms with Crippen molar-refractivity contribution in [3.8, 4) is 5.75 Å². The highest BCUT2D eigenvalue weighted by Crippen LogP contribution is 2.44. The van der Waals surface area contributed by atoms with Gasteiger partial charge in [0.25, 0.3) is 5.91 Å². The maximum Gasteiger partial charge on any atom is 0.261 e. The molecule has 6 nitrogen and oxygen atoms in total. The lowest BCUT2D eigenvalue weighted by molar-refractivity contribution is 0.0963. The summed E-state index contributed by atoms with van der Waals surface area (Å²) in [6.45, 7) is 0. The van der Waals surface area contributed by atoms with Crippen LogP contribution in [0.1, 0.15) is 40.0 Å². The van der Waals surface area contributed by atoms with Crippen LogP contribution in [0, 0.1) is 0 Å². The Bertz CT molecular complexity index is 1190. The van der Waals surface area contributed by atoms with Crippen LogP contribution in [0.25, 0.3) is 0 Å². The van der Waals surface area contributed by atoms with Crippen LogP contribution in [0.4, 0.5) is 5.95 Å². The molecule has 31 heavy (non-hydrogen) atoms. The second-order valence-corrected chi connectivity index (χ2v) is 7.47. The van der Waals surface area contributed by atoms with Crippen molar-refractivity contribution < 1.29 is 9.53 Å². The van der Waals surface area contributed by atoms with Gasteiger partial charge in [-0.3, -0.25) is 9.69 Å². The average Bonchev–Trinajstić information content (AvgIpc) is 3.33. The Kier molecular flexibility index (Phi) is 4.96. The third-order valence-corrected chi connectivity index (χ3v) is 5.74. The minimum Gasteiger partial charge on any atom is -0.496 e. The zero-order valence-corrected chi connectivity index (χ0v) is 17.1. The Morgan fingerprint density at radius 1 is 0.903 bits per heavy atom. The molecule has 0 saturated carbocycles. The molecule has 0 bridgehead atoms. The number of anilines is 1. The minimum atomic E-state index is -0.194. The molecule has 2 heterocycles. The SMILES string of the molecule is COc1ccccc1[C@H]1C[C@@H](c2ccccc2)N(C(=O)c2ccccc2)c2ncnn21. The Balaban J connectivity index is 1.67. The molecule has 1 aliphatic heterocycles. The fourth-order valence-electron chi connectivity index (χ4n) is 4.31. The summed E-state index contributed by atoms with van der Waals surface area (Å²) in [5.74, 6) is 1.23. The fourth-order valence-corrected chi connectivity index (χ4v) is 4.31. The third kappa shape index (κ3) is 3.36. The quantitative estimate of drug-likeness (QED) is 0.491. The van der Waals surface area contributed by atoms with E-state index in [1.807, 2.05) is 77.5 Å². The first-order valence-electron chi connectivity index (χ1n) is 10.2.